The van der Waals surface area contributed by atoms with Crippen LogP contribution in [0.4, 0.5) is 0 Å². The fourth-order valence-corrected chi connectivity index (χ4v) is 3.61. The number of nitrogens with one attached hydrogen (secondary N) is 1. The minimum Gasteiger partial charge on any atom is -0.355 e. The van der Waals surface area contributed by atoms with Gasteiger partial charge in [0.05, 0.1) is 0 Å². The second-order valence-electron chi connectivity index (χ2n) is 7.21. The summed E-state index contributed by atoms with van der Waals surface area (Å²) in [6.07, 6.45) is 4.33. The lowest BCUT2D eigenvalue weighted by Gasteiger charge is -2.33. The van der Waals surface area contributed by atoms with E-state index in [1.54, 1.807) is 0 Å². The van der Waals surface area contributed by atoms with Gasteiger partial charge in [-0.3, -0.25) is 9.59 Å². The molecule has 1 saturated heterocycles. The quantitative estimate of drug-likeness (QED) is 0.831. The van der Waals surface area contributed by atoms with E-state index < -0.39 is 5.41 Å². The summed E-state index contributed by atoms with van der Waals surface area (Å²) < 4.78 is 0. The van der Waals surface area contributed by atoms with Crippen molar-refractivity contribution in [3.63, 3.8) is 0 Å². The zero-order chi connectivity index (χ0) is 17.2. The standard InChI is InChI=1S/C19H25ClN2O2/c1-14-3-2-12-22(13-14)18(24)19(9-10-19)17(23)21-11-8-15-4-6-16(20)7-5-15/h4-7,14H,2-3,8-13H2,1H3,(H,21,23). The van der Waals surface area contributed by atoms with E-state index in [4.69, 9.17) is 11.6 Å². The summed E-state index contributed by atoms with van der Waals surface area (Å²) in [5.41, 5.74) is 0.345. The van der Waals surface area contributed by atoms with Gasteiger partial charge < -0.3 is 10.2 Å². The SMILES string of the molecule is CC1CCCN(C(=O)C2(C(=O)NCCc3ccc(Cl)cc3)CC2)C1. The minimum absolute atomic E-state index is 0.0399. The minimum atomic E-state index is -0.781. The first kappa shape index (κ1) is 17.3. The van der Waals surface area contributed by atoms with E-state index in [0.717, 1.165) is 31.5 Å². The number of hydrogen-bond acceptors (Lipinski definition) is 2. The molecule has 1 saturated carbocycles. The lowest BCUT2D eigenvalue weighted by atomic mass is 9.96. The van der Waals surface area contributed by atoms with Gasteiger partial charge in [-0.2, -0.15) is 0 Å². The summed E-state index contributed by atoms with van der Waals surface area (Å²) in [6, 6.07) is 7.62. The number of hydrogen-bond donors (Lipinski definition) is 1. The molecule has 5 heteroatoms. The molecule has 2 fully saturated rings. The predicted molar refractivity (Wildman–Crippen MR) is 94.8 cm³/mol. The van der Waals surface area contributed by atoms with Crippen LogP contribution in [0.15, 0.2) is 24.3 Å². The Balaban J connectivity index is 1.52. The van der Waals surface area contributed by atoms with Crippen molar-refractivity contribution < 1.29 is 9.59 Å². The van der Waals surface area contributed by atoms with Gasteiger partial charge in [-0.25, -0.2) is 0 Å². The van der Waals surface area contributed by atoms with Gasteiger partial charge in [0, 0.05) is 24.7 Å². The number of likely N-dealkylation sites (tertiary alicyclic amines) is 1. The molecule has 2 aliphatic rings. The van der Waals surface area contributed by atoms with Crippen molar-refractivity contribution in [2.75, 3.05) is 19.6 Å². The highest BCUT2D eigenvalue weighted by atomic mass is 35.5. The molecule has 0 bridgehead atoms. The van der Waals surface area contributed by atoms with Crippen molar-refractivity contribution >= 4 is 23.4 Å². The molecular weight excluding hydrogens is 324 g/mol. The van der Waals surface area contributed by atoms with Gasteiger partial charge in [0.2, 0.25) is 11.8 Å². The molecule has 1 aromatic carbocycles. The average Bonchev–Trinajstić information content (AvgIpc) is 3.38. The maximum absolute atomic E-state index is 12.8. The molecule has 1 N–H and O–H groups in total. The molecule has 2 amide bonds. The van der Waals surface area contributed by atoms with Gasteiger partial charge in [0.1, 0.15) is 5.41 Å². The highest BCUT2D eigenvalue weighted by Crippen LogP contribution is 2.48. The molecule has 130 valence electrons. The molecule has 1 aliphatic heterocycles. The van der Waals surface area contributed by atoms with Crippen LogP contribution in [0.5, 0.6) is 0 Å². The zero-order valence-electron chi connectivity index (χ0n) is 14.2. The first-order valence-electron chi connectivity index (χ1n) is 8.83. The first-order chi connectivity index (χ1) is 11.5. The van der Waals surface area contributed by atoms with Crippen LogP contribution >= 0.6 is 11.6 Å². The van der Waals surface area contributed by atoms with Crippen LogP contribution < -0.4 is 5.32 Å². The van der Waals surface area contributed by atoms with Crippen LogP contribution in [0.3, 0.4) is 0 Å². The monoisotopic (exact) mass is 348 g/mol. The average molecular weight is 349 g/mol. The van der Waals surface area contributed by atoms with Crippen molar-refractivity contribution in [2.24, 2.45) is 11.3 Å². The number of carbonyl (C=O) groups excluding carboxylic acids is 2. The van der Waals surface area contributed by atoms with Gasteiger partial charge in [0.25, 0.3) is 0 Å². The lowest BCUT2D eigenvalue weighted by Crippen LogP contribution is -2.48. The van der Waals surface area contributed by atoms with Gasteiger partial charge in [-0.1, -0.05) is 30.7 Å². The lowest BCUT2D eigenvalue weighted by molar-refractivity contribution is -0.145. The summed E-state index contributed by atoms with van der Waals surface area (Å²) in [5.74, 6) is 0.476. The molecule has 1 unspecified atom stereocenters. The largest absolute Gasteiger partial charge is 0.355 e. The van der Waals surface area contributed by atoms with Crippen LogP contribution in [0.2, 0.25) is 5.02 Å². The van der Waals surface area contributed by atoms with Crippen molar-refractivity contribution in [2.45, 2.75) is 39.0 Å². The first-order valence-corrected chi connectivity index (χ1v) is 9.21. The highest BCUT2D eigenvalue weighted by Gasteiger charge is 2.58. The number of benzene rings is 1. The Morgan fingerprint density at radius 1 is 1.29 bits per heavy atom. The molecule has 0 radical (unpaired) electrons. The Kier molecular flexibility index (Phi) is 5.14. The number of nitrogens with zero attached hydrogens (tertiary/aromatic N) is 1. The molecule has 1 aliphatic carbocycles. The normalized spacial score (nSPS) is 22.1. The third kappa shape index (κ3) is 3.75. The molecule has 3 rings (SSSR count). The molecule has 24 heavy (non-hydrogen) atoms. The Morgan fingerprint density at radius 3 is 2.62 bits per heavy atom. The molecule has 0 aromatic heterocycles. The van der Waals surface area contributed by atoms with E-state index in [-0.39, 0.29) is 11.8 Å². The maximum Gasteiger partial charge on any atom is 0.238 e. The number of amides is 2. The summed E-state index contributed by atoms with van der Waals surface area (Å²) in [7, 11) is 0. The second kappa shape index (κ2) is 7.14. The van der Waals surface area contributed by atoms with E-state index in [0.29, 0.717) is 30.3 Å². The summed E-state index contributed by atoms with van der Waals surface area (Å²) in [5, 5.41) is 3.67. The third-order valence-corrected chi connectivity index (χ3v) is 5.40. The fourth-order valence-electron chi connectivity index (χ4n) is 3.48. The Hall–Kier alpha value is -1.55. The Morgan fingerprint density at radius 2 is 2.00 bits per heavy atom. The highest BCUT2D eigenvalue weighted by molar-refractivity contribution is 6.30. The fraction of sp³-hybridized carbons (Fsp3) is 0.579. The third-order valence-electron chi connectivity index (χ3n) is 5.15. The van der Waals surface area contributed by atoms with E-state index in [9.17, 15) is 9.59 Å². The number of carbonyl (C=O) groups is 2. The van der Waals surface area contributed by atoms with E-state index >= 15 is 0 Å². The molecular formula is C19H25ClN2O2. The smallest absolute Gasteiger partial charge is 0.238 e. The Bertz CT molecular complexity index is 610. The van der Waals surface area contributed by atoms with Crippen molar-refractivity contribution in [3.8, 4) is 0 Å². The maximum atomic E-state index is 12.8. The zero-order valence-corrected chi connectivity index (χ0v) is 14.9. The predicted octanol–water partition coefficient (Wildman–Crippen LogP) is 3.04. The second-order valence-corrected chi connectivity index (χ2v) is 7.65. The molecule has 1 atom stereocenters. The van der Waals surface area contributed by atoms with Crippen LogP contribution in [0, 0.1) is 11.3 Å². The molecule has 1 aromatic rings. The van der Waals surface area contributed by atoms with Crippen LogP contribution in [0.1, 0.15) is 38.2 Å². The number of rotatable bonds is 5. The summed E-state index contributed by atoms with van der Waals surface area (Å²) >= 11 is 5.87. The van der Waals surface area contributed by atoms with E-state index in [1.165, 1.54) is 6.42 Å². The van der Waals surface area contributed by atoms with Gasteiger partial charge in [-0.05, 0) is 55.7 Å². The van der Waals surface area contributed by atoms with Gasteiger partial charge in [0.15, 0.2) is 0 Å². The van der Waals surface area contributed by atoms with Crippen molar-refractivity contribution in [3.05, 3.63) is 34.9 Å². The summed E-state index contributed by atoms with van der Waals surface area (Å²) in [6.45, 7) is 4.30. The van der Waals surface area contributed by atoms with Gasteiger partial charge >= 0.3 is 0 Å². The van der Waals surface area contributed by atoms with Crippen LogP contribution in [0.25, 0.3) is 0 Å². The van der Waals surface area contributed by atoms with Crippen LogP contribution in [-0.2, 0) is 16.0 Å². The van der Waals surface area contributed by atoms with Gasteiger partial charge in [-0.15, -0.1) is 0 Å². The Labute approximate surface area is 148 Å². The van der Waals surface area contributed by atoms with Crippen molar-refractivity contribution in [1.29, 1.82) is 0 Å². The molecule has 0 spiro atoms. The molecule has 1 heterocycles. The summed E-state index contributed by atoms with van der Waals surface area (Å²) in [4.78, 5) is 27.3. The van der Waals surface area contributed by atoms with E-state index in [2.05, 4.69) is 12.2 Å². The van der Waals surface area contributed by atoms with Crippen LogP contribution in [-0.4, -0.2) is 36.3 Å². The topological polar surface area (TPSA) is 49.4 Å². The number of halogens is 1. The molecule has 4 nitrogen and oxygen atoms in total. The number of piperidine rings is 1. The van der Waals surface area contributed by atoms with E-state index in [1.807, 2.05) is 29.2 Å². The van der Waals surface area contributed by atoms with Crippen molar-refractivity contribution in [1.82, 2.24) is 10.2 Å².